The summed E-state index contributed by atoms with van der Waals surface area (Å²) in [5.41, 5.74) is 5.44. The normalized spacial score (nSPS) is 18.8. The molecule has 0 aromatic heterocycles. The van der Waals surface area contributed by atoms with Crippen molar-refractivity contribution >= 4 is 39.3 Å². The number of nitrogens with zero attached hydrogens (tertiary/aromatic N) is 3. The number of sulfonamides is 1. The molecule has 2 heterocycles. The first kappa shape index (κ1) is 27.7. The lowest BCUT2D eigenvalue weighted by Gasteiger charge is -2.39. The molecule has 2 aromatic rings. The van der Waals surface area contributed by atoms with E-state index in [1.54, 1.807) is 0 Å². The van der Waals surface area contributed by atoms with Gasteiger partial charge >= 0.3 is 11.8 Å². The maximum atomic E-state index is 14.8. The Balaban J connectivity index is 1.54. The molecule has 2 aliphatic rings. The van der Waals surface area contributed by atoms with E-state index in [1.165, 1.54) is 29.2 Å². The van der Waals surface area contributed by atoms with Crippen molar-refractivity contribution in [3.63, 3.8) is 0 Å². The van der Waals surface area contributed by atoms with Crippen molar-refractivity contribution in [3.8, 4) is 11.5 Å². The van der Waals surface area contributed by atoms with Crippen LogP contribution >= 0.6 is 11.6 Å². The molecule has 2 N–H and O–H groups in total. The fourth-order valence-electron chi connectivity index (χ4n) is 4.38. The summed E-state index contributed by atoms with van der Waals surface area (Å²) in [4.78, 5) is 39.3. The van der Waals surface area contributed by atoms with Crippen LogP contribution in [-0.2, 0) is 24.4 Å². The minimum atomic E-state index is -4.64. The summed E-state index contributed by atoms with van der Waals surface area (Å²) in [5, 5.41) is 0.376. The summed E-state index contributed by atoms with van der Waals surface area (Å²) in [7, 11) is -4.64. The third kappa shape index (κ3) is 5.74. The van der Waals surface area contributed by atoms with E-state index in [2.05, 4.69) is 0 Å². The van der Waals surface area contributed by atoms with Crippen LogP contribution in [0.15, 0.2) is 41.3 Å². The van der Waals surface area contributed by atoms with Gasteiger partial charge < -0.3 is 20.3 Å². The van der Waals surface area contributed by atoms with E-state index in [9.17, 15) is 31.6 Å². The summed E-state index contributed by atoms with van der Waals surface area (Å²) < 4.78 is 62.1. The first-order chi connectivity index (χ1) is 18.0. The highest BCUT2D eigenvalue weighted by Gasteiger charge is 2.42. The zero-order chi connectivity index (χ0) is 27.6. The Hall–Kier alpha value is -3.29. The molecule has 2 fully saturated rings. The largest absolute Gasteiger partial charge is 0.451 e. The molecule has 4 rings (SSSR count). The number of hydrogen-bond acceptors (Lipinski definition) is 6. The van der Waals surface area contributed by atoms with Gasteiger partial charge in [-0.25, -0.2) is 17.2 Å². The van der Waals surface area contributed by atoms with Gasteiger partial charge in [-0.15, -0.1) is 0 Å². The molecule has 10 nitrogen and oxygen atoms in total. The molecule has 3 amide bonds. The van der Waals surface area contributed by atoms with Crippen molar-refractivity contribution < 1.29 is 36.3 Å². The third-order valence-corrected chi connectivity index (χ3v) is 8.52. The number of rotatable bonds is 5. The topological polar surface area (TPSA) is 130 Å². The molecule has 0 bridgehead atoms. The molecule has 204 valence electrons. The standard InChI is InChI=1S/C24H25ClF2N4O6S/c25-15-4-6-16(7-5-15)37-21-18(26)12-17(13-19(21)27)38(35,36)31-11-10-30(14-20(31)22(28)32)24(34)23(33)29-8-2-1-3-9-29/h4-7,12-13,20H,1-3,8-11,14H2,(H2,28,32)/t20-/m1/s1. The highest BCUT2D eigenvalue weighted by atomic mass is 35.5. The minimum Gasteiger partial charge on any atom is -0.451 e. The average molecular weight is 571 g/mol. The van der Waals surface area contributed by atoms with Crippen molar-refractivity contribution in [2.75, 3.05) is 32.7 Å². The second kappa shape index (κ2) is 11.2. The first-order valence-electron chi connectivity index (χ1n) is 11.8. The predicted molar refractivity (Wildman–Crippen MR) is 132 cm³/mol. The fourth-order valence-corrected chi connectivity index (χ4v) is 6.11. The van der Waals surface area contributed by atoms with Crippen LogP contribution in [0.3, 0.4) is 0 Å². The number of likely N-dealkylation sites (tertiary alicyclic amines) is 1. The lowest BCUT2D eigenvalue weighted by atomic mass is 10.1. The molecule has 2 saturated heterocycles. The maximum absolute atomic E-state index is 14.8. The summed E-state index contributed by atoms with van der Waals surface area (Å²) in [6.07, 6.45) is 2.49. The molecule has 0 radical (unpaired) electrons. The van der Waals surface area contributed by atoms with Crippen LogP contribution in [0.5, 0.6) is 11.5 Å². The lowest BCUT2D eigenvalue weighted by molar-refractivity contribution is -0.154. The second-order valence-electron chi connectivity index (χ2n) is 8.91. The molecule has 1 atom stereocenters. The number of hydrogen-bond donors (Lipinski definition) is 1. The molecule has 38 heavy (non-hydrogen) atoms. The Morgan fingerprint density at radius 3 is 2.05 bits per heavy atom. The second-order valence-corrected chi connectivity index (χ2v) is 11.2. The number of ether oxygens (including phenoxy) is 1. The third-order valence-electron chi connectivity index (χ3n) is 6.39. The van der Waals surface area contributed by atoms with Gasteiger partial charge in [0.05, 0.1) is 4.90 Å². The quantitative estimate of drug-likeness (QED) is 0.548. The minimum absolute atomic E-state index is 0.0662. The summed E-state index contributed by atoms with van der Waals surface area (Å²) in [5.74, 6) is -6.04. The number of nitrogens with two attached hydrogens (primary N) is 1. The van der Waals surface area contributed by atoms with Crippen molar-refractivity contribution in [2.24, 2.45) is 5.73 Å². The van der Waals surface area contributed by atoms with E-state index >= 15 is 0 Å². The number of carbonyl (C=O) groups is 3. The van der Waals surface area contributed by atoms with E-state index in [1.807, 2.05) is 0 Å². The van der Waals surface area contributed by atoms with Gasteiger partial charge in [0.25, 0.3) is 0 Å². The lowest BCUT2D eigenvalue weighted by Crippen LogP contribution is -2.62. The first-order valence-corrected chi connectivity index (χ1v) is 13.6. The number of piperazine rings is 1. The van der Waals surface area contributed by atoms with E-state index in [0.717, 1.165) is 24.2 Å². The maximum Gasteiger partial charge on any atom is 0.312 e. The van der Waals surface area contributed by atoms with E-state index < -0.39 is 69.2 Å². The smallest absolute Gasteiger partial charge is 0.312 e. The molecule has 2 aromatic carbocycles. The van der Waals surface area contributed by atoms with Crippen molar-refractivity contribution in [1.29, 1.82) is 0 Å². The zero-order valence-electron chi connectivity index (χ0n) is 20.1. The van der Waals surface area contributed by atoms with Crippen molar-refractivity contribution in [3.05, 3.63) is 53.1 Å². The predicted octanol–water partition coefficient (Wildman–Crippen LogP) is 2.11. The van der Waals surface area contributed by atoms with Crippen LogP contribution in [0.1, 0.15) is 19.3 Å². The van der Waals surface area contributed by atoms with Gasteiger partial charge in [-0.3, -0.25) is 14.4 Å². The summed E-state index contributed by atoms with van der Waals surface area (Å²) in [6, 6.07) is 5.22. The van der Waals surface area contributed by atoms with Crippen molar-refractivity contribution in [1.82, 2.24) is 14.1 Å². The SMILES string of the molecule is NC(=O)[C@H]1CN(C(=O)C(=O)N2CCCCC2)CCN1S(=O)(=O)c1cc(F)c(Oc2ccc(Cl)cc2)c(F)c1. The van der Waals surface area contributed by atoms with Crippen LogP contribution in [0.4, 0.5) is 8.78 Å². The Kier molecular flexibility index (Phi) is 8.19. The molecule has 2 aliphatic heterocycles. The number of primary amides is 1. The molecular weight excluding hydrogens is 546 g/mol. The van der Waals surface area contributed by atoms with E-state index in [-0.39, 0.29) is 12.3 Å². The van der Waals surface area contributed by atoms with Crippen LogP contribution in [0.25, 0.3) is 0 Å². The Morgan fingerprint density at radius 2 is 1.47 bits per heavy atom. The average Bonchev–Trinajstić information content (AvgIpc) is 2.90. The summed E-state index contributed by atoms with van der Waals surface area (Å²) in [6.45, 7) is -0.235. The molecule has 0 unspecified atom stereocenters. The molecule has 0 saturated carbocycles. The molecule has 0 spiro atoms. The summed E-state index contributed by atoms with van der Waals surface area (Å²) >= 11 is 5.78. The Morgan fingerprint density at radius 1 is 0.895 bits per heavy atom. The number of amides is 3. The van der Waals surface area contributed by atoms with Gasteiger partial charge in [0.1, 0.15) is 11.8 Å². The highest BCUT2D eigenvalue weighted by molar-refractivity contribution is 7.89. The highest BCUT2D eigenvalue weighted by Crippen LogP contribution is 2.32. The molecule has 0 aliphatic carbocycles. The molecular formula is C24H25ClF2N4O6S. The van der Waals surface area contributed by atoms with E-state index in [4.69, 9.17) is 22.1 Å². The Bertz CT molecular complexity index is 1330. The number of halogens is 3. The van der Waals surface area contributed by atoms with Gasteiger partial charge in [0, 0.05) is 37.7 Å². The van der Waals surface area contributed by atoms with Crippen LogP contribution in [0.2, 0.25) is 5.02 Å². The number of carbonyl (C=O) groups excluding carboxylic acids is 3. The number of piperidine rings is 1. The van der Waals surface area contributed by atoms with Gasteiger partial charge in [-0.2, -0.15) is 4.31 Å². The zero-order valence-corrected chi connectivity index (χ0v) is 21.7. The number of benzene rings is 2. The van der Waals surface area contributed by atoms with Crippen molar-refractivity contribution in [2.45, 2.75) is 30.2 Å². The van der Waals surface area contributed by atoms with E-state index in [0.29, 0.717) is 34.6 Å². The van der Waals surface area contributed by atoms with Gasteiger partial charge in [-0.05, 0) is 55.7 Å². The van der Waals surface area contributed by atoms with Crippen LogP contribution in [0, 0.1) is 11.6 Å². The van der Waals surface area contributed by atoms with Gasteiger partial charge in [-0.1, -0.05) is 11.6 Å². The monoisotopic (exact) mass is 570 g/mol. The van der Waals surface area contributed by atoms with Crippen LogP contribution < -0.4 is 10.5 Å². The fraction of sp³-hybridized carbons (Fsp3) is 0.375. The van der Waals surface area contributed by atoms with Gasteiger partial charge in [0.15, 0.2) is 17.4 Å². The Labute approximate surface area is 222 Å². The van der Waals surface area contributed by atoms with Gasteiger partial charge in [0.2, 0.25) is 15.9 Å². The van der Waals surface area contributed by atoms with Crippen LogP contribution in [-0.4, -0.2) is 79.0 Å². The molecule has 14 heteroatoms.